The molecule has 1 aromatic heterocycles. The Morgan fingerprint density at radius 3 is 2.89 bits per heavy atom. The molecular formula is C14H13FN4. The van der Waals surface area contributed by atoms with Crippen molar-refractivity contribution in [2.75, 3.05) is 17.7 Å². The lowest BCUT2D eigenvalue weighted by Gasteiger charge is -2.21. The molecule has 3 aromatic rings. The summed E-state index contributed by atoms with van der Waals surface area (Å²) in [5, 5.41) is 7.82. The summed E-state index contributed by atoms with van der Waals surface area (Å²) < 4.78 is 13.3. The number of aromatic amines is 1. The van der Waals surface area contributed by atoms with E-state index >= 15 is 0 Å². The van der Waals surface area contributed by atoms with Crippen LogP contribution in [0.15, 0.2) is 42.6 Å². The standard InChI is InChI=1S/C14H13FN4/c1-19(11-4-2-3-10(15)6-11)14-7-13-9(5-12(14)16)8-17-18-13/h2-8H,16H2,1H3,(H,17,18). The lowest BCUT2D eigenvalue weighted by atomic mass is 10.1. The summed E-state index contributed by atoms with van der Waals surface area (Å²) in [5.41, 5.74) is 9.12. The van der Waals surface area contributed by atoms with Crippen LogP contribution in [0, 0.1) is 5.82 Å². The Labute approximate surface area is 109 Å². The van der Waals surface area contributed by atoms with Crippen LogP contribution in [0.25, 0.3) is 10.9 Å². The number of benzene rings is 2. The van der Waals surface area contributed by atoms with Crippen molar-refractivity contribution < 1.29 is 4.39 Å². The molecule has 4 nitrogen and oxygen atoms in total. The molecule has 0 saturated heterocycles. The molecule has 0 radical (unpaired) electrons. The van der Waals surface area contributed by atoms with Gasteiger partial charge in [0.15, 0.2) is 0 Å². The van der Waals surface area contributed by atoms with Crippen LogP contribution in [0.3, 0.4) is 0 Å². The van der Waals surface area contributed by atoms with E-state index in [1.54, 1.807) is 12.3 Å². The highest BCUT2D eigenvalue weighted by atomic mass is 19.1. The number of H-pyrrole nitrogens is 1. The fourth-order valence-electron chi connectivity index (χ4n) is 2.11. The van der Waals surface area contributed by atoms with Crippen LogP contribution in [-0.4, -0.2) is 17.2 Å². The lowest BCUT2D eigenvalue weighted by molar-refractivity contribution is 0.628. The molecule has 0 atom stereocenters. The first-order valence-electron chi connectivity index (χ1n) is 5.87. The van der Waals surface area contributed by atoms with E-state index in [0.29, 0.717) is 5.69 Å². The highest BCUT2D eigenvalue weighted by molar-refractivity contribution is 5.90. The number of aromatic nitrogens is 2. The monoisotopic (exact) mass is 256 g/mol. The Balaban J connectivity index is 2.10. The molecule has 19 heavy (non-hydrogen) atoms. The number of nitrogens with zero attached hydrogens (tertiary/aromatic N) is 2. The van der Waals surface area contributed by atoms with Crippen molar-refractivity contribution in [1.82, 2.24) is 10.2 Å². The molecule has 2 aromatic carbocycles. The Morgan fingerprint density at radius 2 is 2.11 bits per heavy atom. The first kappa shape index (κ1) is 11.5. The maximum Gasteiger partial charge on any atom is 0.125 e. The zero-order valence-corrected chi connectivity index (χ0v) is 10.4. The summed E-state index contributed by atoms with van der Waals surface area (Å²) in [6, 6.07) is 10.1. The summed E-state index contributed by atoms with van der Waals surface area (Å²) >= 11 is 0. The summed E-state index contributed by atoms with van der Waals surface area (Å²) in [5.74, 6) is -0.273. The fraction of sp³-hybridized carbons (Fsp3) is 0.0714. The number of halogens is 1. The third-order valence-corrected chi connectivity index (χ3v) is 3.14. The minimum Gasteiger partial charge on any atom is -0.397 e. The van der Waals surface area contributed by atoms with E-state index in [1.807, 2.05) is 30.1 Å². The van der Waals surface area contributed by atoms with Gasteiger partial charge in [0.25, 0.3) is 0 Å². The van der Waals surface area contributed by atoms with Gasteiger partial charge in [-0.3, -0.25) is 5.10 Å². The van der Waals surface area contributed by atoms with E-state index < -0.39 is 0 Å². The molecule has 0 amide bonds. The number of hydrogen-bond acceptors (Lipinski definition) is 3. The zero-order valence-electron chi connectivity index (χ0n) is 10.4. The minimum atomic E-state index is -0.273. The highest BCUT2D eigenvalue weighted by Gasteiger charge is 2.10. The van der Waals surface area contributed by atoms with Crippen LogP contribution in [0.2, 0.25) is 0 Å². The van der Waals surface area contributed by atoms with Gasteiger partial charge in [0.2, 0.25) is 0 Å². The number of hydrogen-bond donors (Lipinski definition) is 2. The predicted octanol–water partition coefficient (Wildman–Crippen LogP) is 3.05. The first-order valence-corrected chi connectivity index (χ1v) is 5.87. The van der Waals surface area contributed by atoms with Gasteiger partial charge in [0.1, 0.15) is 5.82 Å². The van der Waals surface area contributed by atoms with Crippen LogP contribution in [0.4, 0.5) is 21.5 Å². The van der Waals surface area contributed by atoms with E-state index in [2.05, 4.69) is 10.2 Å². The maximum atomic E-state index is 13.3. The van der Waals surface area contributed by atoms with Crippen LogP contribution in [0.1, 0.15) is 0 Å². The summed E-state index contributed by atoms with van der Waals surface area (Å²) in [4.78, 5) is 1.85. The number of nitrogens with two attached hydrogens (primary N) is 1. The minimum absolute atomic E-state index is 0.273. The second-order valence-electron chi connectivity index (χ2n) is 4.41. The molecule has 0 spiro atoms. The molecule has 0 aliphatic carbocycles. The van der Waals surface area contributed by atoms with E-state index in [-0.39, 0.29) is 5.82 Å². The molecule has 0 saturated carbocycles. The normalized spacial score (nSPS) is 10.8. The fourth-order valence-corrected chi connectivity index (χ4v) is 2.11. The van der Waals surface area contributed by atoms with E-state index in [4.69, 9.17) is 5.73 Å². The topological polar surface area (TPSA) is 57.9 Å². The highest BCUT2D eigenvalue weighted by Crippen LogP contribution is 2.32. The Bertz CT molecular complexity index is 735. The van der Waals surface area contributed by atoms with Crippen LogP contribution < -0.4 is 10.6 Å². The second kappa shape index (κ2) is 4.28. The molecule has 0 fully saturated rings. The molecule has 96 valence electrons. The van der Waals surface area contributed by atoms with Gasteiger partial charge in [-0.1, -0.05) is 6.07 Å². The van der Waals surface area contributed by atoms with Crippen molar-refractivity contribution in [2.24, 2.45) is 0 Å². The molecule has 3 N–H and O–H groups in total. The number of rotatable bonds is 2. The molecule has 0 bridgehead atoms. The Morgan fingerprint density at radius 1 is 1.26 bits per heavy atom. The van der Waals surface area contributed by atoms with Crippen LogP contribution in [-0.2, 0) is 0 Å². The first-order chi connectivity index (χ1) is 9.15. The van der Waals surface area contributed by atoms with E-state index in [1.165, 1.54) is 12.1 Å². The SMILES string of the molecule is CN(c1cccc(F)c1)c1cc2[nH]ncc2cc1N. The Kier molecular flexibility index (Phi) is 2.59. The van der Waals surface area contributed by atoms with Gasteiger partial charge in [-0.25, -0.2) is 4.39 Å². The number of nitrogens with one attached hydrogen (secondary N) is 1. The molecule has 5 heteroatoms. The largest absolute Gasteiger partial charge is 0.397 e. The maximum absolute atomic E-state index is 13.3. The molecular weight excluding hydrogens is 243 g/mol. The van der Waals surface area contributed by atoms with Gasteiger partial charge in [-0.15, -0.1) is 0 Å². The van der Waals surface area contributed by atoms with Crippen molar-refractivity contribution in [3.63, 3.8) is 0 Å². The quantitative estimate of drug-likeness (QED) is 0.693. The third kappa shape index (κ3) is 1.99. The third-order valence-electron chi connectivity index (χ3n) is 3.14. The van der Waals surface area contributed by atoms with Gasteiger partial charge in [-0.2, -0.15) is 5.10 Å². The lowest BCUT2D eigenvalue weighted by Crippen LogP contribution is -2.11. The van der Waals surface area contributed by atoms with Gasteiger partial charge in [0.05, 0.1) is 23.1 Å². The smallest absolute Gasteiger partial charge is 0.125 e. The van der Waals surface area contributed by atoms with Gasteiger partial charge in [-0.05, 0) is 30.3 Å². The van der Waals surface area contributed by atoms with Gasteiger partial charge < -0.3 is 10.6 Å². The summed E-state index contributed by atoms with van der Waals surface area (Å²) in [7, 11) is 1.85. The van der Waals surface area contributed by atoms with Gasteiger partial charge in [0, 0.05) is 18.1 Å². The van der Waals surface area contributed by atoms with Crippen molar-refractivity contribution in [3.05, 3.63) is 48.4 Å². The molecule has 0 aliphatic rings. The second-order valence-corrected chi connectivity index (χ2v) is 4.41. The molecule has 1 heterocycles. The summed E-state index contributed by atoms with van der Waals surface area (Å²) in [6.45, 7) is 0. The average Bonchev–Trinajstić information content (AvgIpc) is 2.84. The number of fused-ring (bicyclic) bond motifs is 1. The Hall–Kier alpha value is -2.56. The van der Waals surface area contributed by atoms with Crippen LogP contribution in [0.5, 0.6) is 0 Å². The number of nitrogen functional groups attached to an aromatic ring is 1. The molecule has 3 rings (SSSR count). The molecule has 0 aliphatic heterocycles. The molecule has 0 unspecified atom stereocenters. The van der Waals surface area contributed by atoms with Crippen molar-refractivity contribution in [3.8, 4) is 0 Å². The van der Waals surface area contributed by atoms with Gasteiger partial charge >= 0.3 is 0 Å². The van der Waals surface area contributed by atoms with E-state index in [0.717, 1.165) is 22.3 Å². The average molecular weight is 256 g/mol. The number of anilines is 3. The predicted molar refractivity (Wildman–Crippen MR) is 75.0 cm³/mol. The van der Waals surface area contributed by atoms with Crippen molar-refractivity contribution in [1.29, 1.82) is 0 Å². The van der Waals surface area contributed by atoms with E-state index in [9.17, 15) is 4.39 Å². The zero-order chi connectivity index (χ0) is 13.4. The van der Waals surface area contributed by atoms with Crippen LogP contribution >= 0.6 is 0 Å². The van der Waals surface area contributed by atoms with Crippen molar-refractivity contribution >= 4 is 28.0 Å². The van der Waals surface area contributed by atoms with Crippen molar-refractivity contribution in [2.45, 2.75) is 0 Å². The summed E-state index contributed by atoms with van der Waals surface area (Å²) in [6.07, 6.45) is 1.72.